The molecule has 2 heteroatoms. The van der Waals surface area contributed by atoms with E-state index >= 15 is 0 Å². The molecule has 0 amide bonds. The number of carbonyl (C=O) groups is 1. The molecule has 2 nitrogen and oxygen atoms in total. The number of aryl methyl sites for hydroxylation is 1. The summed E-state index contributed by atoms with van der Waals surface area (Å²) >= 11 is 0. The van der Waals surface area contributed by atoms with Gasteiger partial charge in [0, 0.05) is 18.4 Å². The van der Waals surface area contributed by atoms with Gasteiger partial charge in [-0.15, -0.1) is 0 Å². The van der Waals surface area contributed by atoms with Crippen LogP contribution in [0.25, 0.3) is 0 Å². The van der Waals surface area contributed by atoms with Crippen molar-refractivity contribution in [3.63, 3.8) is 0 Å². The number of ketones is 1. The summed E-state index contributed by atoms with van der Waals surface area (Å²) in [5, 5.41) is 0. The van der Waals surface area contributed by atoms with Crippen LogP contribution in [0.2, 0.25) is 0 Å². The Labute approximate surface area is 116 Å². The first kappa shape index (κ1) is 14.3. The normalized spacial score (nSPS) is 18.8. The first-order valence-corrected chi connectivity index (χ1v) is 7.45. The fourth-order valence-electron chi connectivity index (χ4n) is 3.20. The molecule has 0 aliphatic heterocycles. The lowest BCUT2D eigenvalue weighted by atomic mass is 9.74. The molecule has 0 radical (unpaired) electrons. The van der Waals surface area contributed by atoms with Gasteiger partial charge in [-0.2, -0.15) is 0 Å². The Kier molecular flexibility index (Phi) is 4.76. The van der Waals surface area contributed by atoms with E-state index in [1.165, 1.54) is 18.4 Å². The molecule has 1 fully saturated rings. The van der Waals surface area contributed by atoms with E-state index in [0.717, 1.165) is 31.2 Å². The Morgan fingerprint density at radius 2 is 1.89 bits per heavy atom. The molecule has 0 atom stereocenters. The Morgan fingerprint density at radius 1 is 1.21 bits per heavy atom. The highest BCUT2D eigenvalue weighted by molar-refractivity contribution is 5.87. The lowest BCUT2D eigenvalue weighted by Gasteiger charge is -2.29. The smallest absolute Gasteiger partial charge is 0.144 e. The van der Waals surface area contributed by atoms with E-state index in [4.69, 9.17) is 5.73 Å². The maximum absolute atomic E-state index is 12.7. The Bertz CT molecular complexity index is 431. The van der Waals surface area contributed by atoms with Crippen molar-refractivity contribution in [1.29, 1.82) is 0 Å². The van der Waals surface area contributed by atoms with E-state index in [2.05, 4.69) is 19.1 Å². The molecule has 104 valence electrons. The fraction of sp³-hybridized carbons (Fsp3) is 0.588. The third kappa shape index (κ3) is 3.44. The minimum Gasteiger partial charge on any atom is -0.329 e. The highest BCUT2D eigenvalue weighted by Crippen LogP contribution is 2.36. The summed E-state index contributed by atoms with van der Waals surface area (Å²) in [7, 11) is 0. The van der Waals surface area contributed by atoms with Gasteiger partial charge in [0.2, 0.25) is 0 Å². The molecule has 1 aliphatic carbocycles. The predicted molar refractivity (Wildman–Crippen MR) is 79.1 cm³/mol. The van der Waals surface area contributed by atoms with Gasteiger partial charge in [-0.3, -0.25) is 4.79 Å². The van der Waals surface area contributed by atoms with Crippen LogP contribution >= 0.6 is 0 Å². The van der Waals surface area contributed by atoms with Crippen molar-refractivity contribution < 1.29 is 4.79 Å². The maximum atomic E-state index is 12.7. The van der Waals surface area contributed by atoms with Crippen molar-refractivity contribution in [3.05, 3.63) is 35.4 Å². The SMILES string of the molecule is Cc1cccc(CC(=O)C2(CN)CCCCCC2)c1. The van der Waals surface area contributed by atoms with Gasteiger partial charge >= 0.3 is 0 Å². The van der Waals surface area contributed by atoms with E-state index in [1.54, 1.807) is 0 Å². The number of rotatable bonds is 4. The van der Waals surface area contributed by atoms with E-state index in [1.807, 2.05) is 12.1 Å². The quantitative estimate of drug-likeness (QED) is 0.842. The van der Waals surface area contributed by atoms with Crippen LogP contribution in [-0.4, -0.2) is 12.3 Å². The van der Waals surface area contributed by atoms with Crippen molar-refractivity contribution in [2.24, 2.45) is 11.1 Å². The topological polar surface area (TPSA) is 43.1 Å². The number of hydrogen-bond acceptors (Lipinski definition) is 2. The molecule has 0 saturated heterocycles. The second-order valence-electron chi connectivity index (χ2n) is 5.99. The molecule has 2 rings (SSSR count). The summed E-state index contributed by atoms with van der Waals surface area (Å²) in [5.41, 5.74) is 8.06. The van der Waals surface area contributed by atoms with Gasteiger partial charge in [-0.25, -0.2) is 0 Å². The van der Waals surface area contributed by atoms with Crippen LogP contribution in [0.15, 0.2) is 24.3 Å². The maximum Gasteiger partial charge on any atom is 0.144 e. The van der Waals surface area contributed by atoms with E-state index in [9.17, 15) is 4.79 Å². The van der Waals surface area contributed by atoms with Gasteiger partial charge in [0.1, 0.15) is 5.78 Å². The van der Waals surface area contributed by atoms with Crippen LogP contribution < -0.4 is 5.73 Å². The van der Waals surface area contributed by atoms with Crippen molar-refractivity contribution >= 4 is 5.78 Å². The highest BCUT2D eigenvalue weighted by atomic mass is 16.1. The van der Waals surface area contributed by atoms with Crippen molar-refractivity contribution in [3.8, 4) is 0 Å². The Morgan fingerprint density at radius 3 is 2.47 bits per heavy atom. The molecule has 0 heterocycles. The number of nitrogens with two attached hydrogens (primary N) is 1. The van der Waals surface area contributed by atoms with Crippen LogP contribution in [0.5, 0.6) is 0 Å². The summed E-state index contributed by atoms with van der Waals surface area (Å²) < 4.78 is 0. The third-order valence-corrected chi connectivity index (χ3v) is 4.49. The summed E-state index contributed by atoms with van der Waals surface area (Å²) in [5.74, 6) is 0.350. The van der Waals surface area contributed by atoms with E-state index in [0.29, 0.717) is 18.7 Å². The van der Waals surface area contributed by atoms with Gasteiger partial charge < -0.3 is 5.73 Å². The zero-order valence-corrected chi connectivity index (χ0v) is 12.0. The summed E-state index contributed by atoms with van der Waals surface area (Å²) in [6, 6.07) is 8.25. The van der Waals surface area contributed by atoms with Crippen molar-refractivity contribution in [2.45, 2.75) is 51.9 Å². The molecular formula is C17H25NO. The molecule has 2 N–H and O–H groups in total. The largest absolute Gasteiger partial charge is 0.329 e. The first-order chi connectivity index (χ1) is 9.16. The number of hydrogen-bond donors (Lipinski definition) is 1. The van der Waals surface area contributed by atoms with Gasteiger partial charge in [0.25, 0.3) is 0 Å². The van der Waals surface area contributed by atoms with Crippen molar-refractivity contribution in [1.82, 2.24) is 0 Å². The molecule has 1 aliphatic rings. The van der Waals surface area contributed by atoms with Crippen LogP contribution in [0, 0.1) is 12.3 Å². The van der Waals surface area contributed by atoms with E-state index in [-0.39, 0.29) is 5.41 Å². The molecule has 0 spiro atoms. The molecule has 1 saturated carbocycles. The highest BCUT2D eigenvalue weighted by Gasteiger charge is 2.36. The predicted octanol–water partition coefficient (Wildman–Crippen LogP) is 3.41. The average molecular weight is 259 g/mol. The number of Topliss-reactive ketones (excluding diaryl/α,β-unsaturated/α-hetero) is 1. The average Bonchev–Trinajstić information content (AvgIpc) is 2.65. The Balaban J connectivity index is 2.12. The van der Waals surface area contributed by atoms with Crippen LogP contribution in [0.1, 0.15) is 49.7 Å². The van der Waals surface area contributed by atoms with Crippen LogP contribution in [-0.2, 0) is 11.2 Å². The molecule has 1 aromatic carbocycles. The monoisotopic (exact) mass is 259 g/mol. The molecule has 0 aromatic heterocycles. The lowest BCUT2D eigenvalue weighted by Crippen LogP contribution is -2.39. The van der Waals surface area contributed by atoms with Crippen LogP contribution in [0.3, 0.4) is 0 Å². The number of carbonyl (C=O) groups excluding carboxylic acids is 1. The first-order valence-electron chi connectivity index (χ1n) is 7.45. The molecule has 0 unspecified atom stereocenters. The lowest BCUT2D eigenvalue weighted by molar-refractivity contribution is -0.128. The minimum absolute atomic E-state index is 0.250. The molecule has 1 aromatic rings. The van der Waals surface area contributed by atoms with Gasteiger partial charge in [-0.1, -0.05) is 55.5 Å². The van der Waals surface area contributed by atoms with E-state index < -0.39 is 0 Å². The second-order valence-corrected chi connectivity index (χ2v) is 5.99. The molecular weight excluding hydrogens is 234 g/mol. The second kappa shape index (κ2) is 6.33. The fourth-order valence-corrected chi connectivity index (χ4v) is 3.20. The third-order valence-electron chi connectivity index (χ3n) is 4.49. The zero-order valence-electron chi connectivity index (χ0n) is 12.0. The molecule has 19 heavy (non-hydrogen) atoms. The summed E-state index contributed by atoms with van der Waals surface area (Å²) in [6.07, 6.45) is 7.30. The van der Waals surface area contributed by atoms with Crippen LogP contribution in [0.4, 0.5) is 0 Å². The number of benzene rings is 1. The minimum atomic E-state index is -0.250. The zero-order chi connectivity index (χ0) is 13.7. The molecule has 0 bridgehead atoms. The van der Waals surface area contributed by atoms with Gasteiger partial charge in [-0.05, 0) is 25.3 Å². The summed E-state index contributed by atoms with van der Waals surface area (Å²) in [4.78, 5) is 12.7. The Hall–Kier alpha value is -1.15. The summed E-state index contributed by atoms with van der Waals surface area (Å²) in [6.45, 7) is 2.58. The van der Waals surface area contributed by atoms with Gasteiger partial charge in [0.05, 0.1) is 0 Å². The standard InChI is InChI=1S/C17H25NO/c1-14-7-6-8-15(11-14)12-16(19)17(13-18)9-4-2-3-5-10-17/h6-8,11H,2-5,9-10,12-13,18H2,1H3. The van der Waals surface area contributed by atoms with Gasteiger partial charge in [0.15, 0.2) is 0 Å². The van der Waals surface area contributed by atoms with Crippen molar-refractivity contribution in [2.75, 3.05) is 6.54 Å².